The van der Waals surface area contributed by atoms with Gasteiger partial charge in [-0.15, -0.1) is 0 Å². The van der Waals surface area contributed by atoms with Gasteiger partial charge < -0.3 is 9.80 Å². The first-order chi connectivity index (χ1) is 37.0. The fraction of sp³-hybridized carbons (Fsp3) is 0.263. The second-order valence-corrected chi connectivity index (χ2v) is 27.5. The largest absolute Gasteiger partial charge is 0.310 e. The highest BCUT2D eigenvalue weighted by Crippen LogP contribution is 2.60. The van der Waals surface area contributed by atoms with Gasteiger partial charge in [0.15, 0.2) is 0 Å². The molecule has 2 heterocycles. The van der Waals surface area contributed by atoms with E-state index in [9.17, 15) is 0 Å². The molecule has 4 aliphatic rings. The Morgan fingerprint density at radius 2 is 0.641 bits per heavy atom. The Kier molecular flexibility index (Phi) is 9.97. The van der Waals surface area contributed by atoms with Crippen LogP contribution in [-0.2, 0) is 32.5 Å². The Morgan fingerprint density at radius 1 is 0.295 bits per heavy atom. The second-order valence-electron chi connectivity index (χ2n) is 27.5. The van der Waals surface area contributed by atoms with Gasteiger partial charge in [0, 0.05) is 33.0 Å². The molecule has 0 fully saturated rings. The summed E-state index contributed by atoms with van der Waals surface area (Å²) in [6.07, 6.45) is 0. The zero-order valence-corrected chi connectivity index (χ0v) is 48.2. The lowest BCUT2D eigenvalue weighted by Gasteiger charge is -2.43. The normalized spacial score (nSPS) is 16.7. The molecule has 0 spiro atoms. The summed E-state index contributed by atoms with van der Waals surface area (Å²) in [4.78, 5) is 5.12. The predicted octanol–water partition coefficient (Wildman–Crippen LogP) is 21.1. The number of rotatable bonds is 3. The second kappa shape index (κ2) is 16.0. The topological polar surface area (TPSA) is 6.48 Å². The Morgan fingerprint density at radius 3 is 1.03 bits per heavy atom. The average molecular weight is 1010 g/mol. The fourth-order valence-corrected chi connectivity index (χ4v) is 14.8. The molecule has 2 heteroatoms. The van der Waals surface area contributed by atoms with Crippen molar-refractivity contribution in [3.8, 4) is 33.4 Å². The Labute approximate surface area is 463 Å². The molecule has 0 unspecified atom stereocenters. The van der Waals surface area contributed by atoms with Crippen LogP contribution in [0.2, 0.25) is 0 Å². The number of fused-ring (bicyclic) bond motifs is 14. The highest BCUT2D eigenvalue weighted by Gasteiger charge is 2.44. The van der Waals surface area contributed by atoms with Crippen LogP contribution in [0.15, 0.2) is 182 Å². The van der Waals surface area contributed by atoms with Gasteiger partial charge in [-0.05, 0) is 182 Å². The fourth-order valence-electron chi connectivity index (χ4n) is 14.8. The molecule has 0 radical (unpaired) electrons. The van der Waals surface area contributed by atoms with Crippen LogP contribution in [-0.4, -0.2) is 0 Å². The molecule has 0 saturated carbocycles. The van der Waals surface area contributed by atoms with Gasteiger partial charge in [0.1, 0.15) is 0 Å². The summed E-state index contributed by atoms with van der Waals surface area (Å²) in [7, 11) is 0. The first-order valence-corrected chi connectivity index (χ1v) is 28.5. The molecule has 10 aromatic rings. The van der Waals surface area contributed by atoms with Gasteiger partial charge in [0.2, 0.25) is 0 Å². The summed E-state index contributed by atoms with van der Waals surface area (Å²) in [5.41, 5.74) is 28.3. The zero-order chi connectivity index (χ0) is 54.4. The minimum Gasteiger partial charge on any atom is -0.310 e. The van der Waals surface area contributed by atoms with E-state index >= 15 is 0 Å². The molecule has 0 saturated heterocycles. The van der Waals surface area contributed by atoms with Gasteiger partial charge in [-0.3, -0.25) is 0 Å². The van der Waals surface area contributed by atoms with Crippen LogP contribution in [0.3, 0.4) is 0 Å². The maximum absolute atomic E-state index is 2.56. The third kappa shape index (κ3) is 6.74. The van der Waals surface area contributed by atoms with Crippen LogP contribution in [0.5, 0.6) is 0 Å². The van der Waals surface area contributed by atoms with Crippen LogP contribution in [0.4, 0.5) is 34.1 Å². The molecular weight excluding hydrogens is 941 g/mol. The van der Waals surface area contributed by atoms with Crippen LogP contribution in [0.1, 0.15) is 153 Å². The van der Waals surface area contributed by atoms with Gasteiger partial charge in [-0.1, -0.05) is 218 Å². The van der Waals surface area contributed by atoms with Crippen LogP contribution < -0.4 is 9.80 Å². The number of benzene rings is 10. The van der Waals surface area contributed by atoms with Crippen molar-refractivity contribution in [2.75, 3.05) is 9.80 Å². The van der Waals surface area contributed by atoms with E-state index in [4.69, 9.17) is 0 Å². The van der Waals surface area contributed by atoms with Crippen LogP contribution in [0, 0.1) is 0 Å². The van der Waals surface area contributed by atoms with E-state index < -0.39 is 0 Å². The van der Waals surface area contributed by atoms with E-state index in [0.717, 1.165) is 0 Å². The molecule has 78 heavy (non-hydrogen) atoms. The van der Waals surface area contributed by atoms with Crippen LogP contribution >= 0.6 is 0 Å². The van der Waals surface area contributed by atoms with Crippen molar-refractivity contribution in [3.05, 3.63) is 238 Å². The molecule has 0 amide bonds. The smallest absolute Gasteiger partial charge is 0.0509 e. The SMILES string of the molecule is CC(C)(C)c1ccc2c(c1)C(C)(C)c1c(ccc3ccccc13)N2c1ccc2c(c1)C(C)(C)c1cc(-c3ccc4c(c3)C(C)(C)c3cc(N5c6ccc(C(C)(C)C)cc6C(C)(C)c6c5ccc5ccccc65)ccc3-4)ccc1-2. The summed E-state index contributed by atoms with van der Waals surface area (Å²) in [5.74, 6) is 0. The van der Waals surface area contributed by atoms with Crippen molar-refractivity contribution in [1.29, 1.82) is 0 Å². The van der Waals surface area contributed by atoms with Gasteiger partial charge in [-0.25, -0.2) is 0 Å². The van der Waals surface area contributed by atoms with E-state index in [1.54, 1.807) is 0 Å². The van der Waals surface area contributed by atoms with Crippen molar-refractivity contribution in [1.82, 2.24) is 0 Å². The summed E-state index contributed by atoms with van der Waals surface area (Å²) in [5, 5.41) is 5.21. The molecule has 0 N–H and O–H groups in total. The van der Waals surface area contributed by atoms with E-state index in [2.05, 4.69) is 289 Å². The number of nitrogens with zero attached hydrogens (tertiary/aromatic N) is 2. The number of hydrogen-bond acceptors (Lipinski definition) is 2. The molecule has 2 aliphatic heterocycles. The van der Waals surface area contributed by atoms with Crippen molar-refractivity contribution >= 4 is 55.7 Å². The van der Waals surface area contributed by atoms with E-state index in [1.165, 1.54) is 145 Å². The average Bonchev–Trinajstić information content (AvgIpc) is 3.53. The lowest BCUT2D eigenvalue weighted by Crippen LogP contribution is -2.32. The van der Waals surface area contributed by atoms with Crippen molar-refractivity contribution in [2.24, 2.45) is 0 Å². The van der Waals surface area contributed by atoms with Crippen molar-refractivity contribution in [3.63, 3.8) is 0 Å². The molecule has 2 aliphatic carbocycles. The maximum Gasteiger partial charge on any atom is 0.0509 e. The van der Waals surface area contributed by atoms with Gasteiger partial charge in [-0.2, -0.15) is 0 Å². The summed E-state index contributed by atoms with van der Waals surface area (Å²) < 4.78 is 0. The molecule has 0 aromatic heterocycles. The predicted molar refractivity (Wildman–Crippen MR) is 333 cm³/mol. The first-order valence-electron chi connectivity index (χ1n) is 28.5. The first kappa shape index (κ1) is 48.7. The standard InChI is InChI=1S/C76H72N2/c1-71(2,3)49-27-37-65-63(41-49)75(11,12)69-53-21-17-15-19-45(53)25-35-67(69)77(65)51-29-33-57-55-31-23-47(39-59(55)73(7,8)61(57)43-51)48-24-32-56-58-34-30-52(44-62(58)74(9,10)60(56)40-48)78-66-38-28-50(72(4,5)6)42-64(66)76(13,14)70-54-22-18-16-20-46(54)26-36-68(70)78/h15-44H,1-14H3. The zero-order valence-electron chi connectivity index (χ0n) is 48.2. The molecule has 0 atom stereocenters. The van der Waals surface area contributed by atoms with E-state index in [0.29, 0.717) is 0 Å². The number of anilines is 6. The molecule has 14 rings (SSSR count). The highest BCUT2D eigenvalue weighted by atomic mass is 15.2. The van der Waals surface area contributed by atoms with Gasteiger partial charge >= 0.3 is 0 Å². The lowest BCUT2D eigenvalue weighted by atomic mass is 9.70. The third-order valence-electron chi connectivity index (χ3n) is 19.3. The van der Waals surface area contributed by atoms with Crippen molar-refractivity contribution in [2.45, 2.75) is 129 Å². The molecular formula is C76H72N2. The van der Waals surface area contributed by atoms with E-state index in [-0.39, 0.29) is 32.5 Å². The molecule has 386 valence electrons. The maximum atomic E-state index is 2.56. The minimum atomic E-state index is -0.221. The number of hydrogen-bond donors (Lipinski definition) is 0. The molecule has 0 bridgehead atoms. The molecule has 10 aromatic carbocycles. The lowest BCUT2D eigenvalue weighted by molar-refractivity contribution is 0.581. The summed E-state index contributed by atoms with van der Waals surface area (Å²) in [6.45, 7) is 33.4. The van der Waals surface area contributed by atoms with Crippen LogP contribution in [0.25, 0.3) is 54.9 Å². The highest BCUT2D eigenvalue weighted by molar-refractivity contribution is 6.01. The Bertz CT molecular complexity index is 3960. The van der Waals surface area contributed by atoms with Gasteiger partial charge in [0.25, 0.3) is 0 Å². The Balaban J connectivity index is 0.832. The minimum absolute atomic E-state index is 0.0309. The van der Waals surface area contributed by atoms with Gasteiger partial charge in [0.05, 0.1) is 22.7 Å². The summed E-state index contributed by atoms with van der Waals surface area (Å²) in [6, 6.07) is 70.8. The van der Waals surface area contributed by atoms with E-state index in [1.807, 2.05) is 0 Å². The quantitative estimate of drug-likeness (QED) is 0.174. The summed E-state index contributed by atoms with van der Waals surface area (Å²) >= 11 is 0. The third-order valence-corrected chi connectivity index (χ3v) is 19.3. The van der Waals surface area contributed by atoms with Crippen molar-refractivity contribution < 1.29 is 0 Å². The molecule has 2 nitrogen and oxygen atoms in total. The monoisotopic (exact) mass is 1010 g/mol. The Hall–Kier alpha value is -7.68.